The van der Waals surface area contributed by atoms with E-state index < -0.39 is 0 Å². The van der Waals surface area contributed by atoms with Crippen LogP contribution in [0.25, 0.3) is 0 Å². The molecule has 2 N–H and O–H groups in total. The van der Waals surface area contributed by atoms with Gasteiger partial charge in [-0.3, -0.25) is 4.99 Å². The van der Waals surface area contributed by atoms with Crippen LogP contribution in [0.4, 0.5) is 5.82 Å². The predicted molar refractivity (Wildman–Crippen MR) is 136 cm³/mol. The number of aliphatic imine (C=N–C) groups is 1. The van der Waals surface area contributed by atoms with Gasteiger partial charge in [0, 0.05) is 64.1 Å². The molecule has 1 aliphatic heterocycles. The molecular formula is C22H33IN6O2. The Morgan fingerprint density at radius 1 is 1.03 bits per heavy atom. The van der Waals surface area contributed by atoms with Gasteiger partial charge in [-0.25, -0.2) is 4.98 Å². The molecule has 170 valence electrons. The third-order valence-electron chi connectivity index (χ3n) is 5.26. The molecule has 0 aliphatic carbocycles. The van der Waals surface area contributed by atoms with E-state index in [1.165, 1.54) is 5.56 Å². The molecule has 1 aromatic carbocycles. The number of ether oxygens (including phenoxy) is 2. The molecule has 1 aromatic heterocycles. The zero-order valence-corrected chi connectivity index (χ0v) is 21.1. The first-order valence-electron chi connectivity index (χ1n) is 10.2. The number of rotatable bonds is 7. The van der Waals surface area contributed by atoms with Gasteiger partial charge in [0.25, 0.3) is 0 Å². The van der Waals surface area contributed by atoms with E-state index in [1.54, 1.807) is 21.3 Å². The highest BCUT2D eigenvalue weighted by Gasteiger charge is 2.15. The van der Waals surface area contributed by atoms with Gasteiger partial charge in [-0.15, -0.1) is 24.0 Å². The fourth-order valence-electron chi connectivity index (χ4n) is 3.36. The van der Waals surface area contributed by atoms with Crippen molar-refractivity contribution < 1.29 is 9.47 Å². The summed E-state index contributed by atoms with van der Waals surface area (Å²) in [6.07, 6.45) is 1.88. The Bertz CT molecular complexity index is 856. The fourth-order valence-corrected chi connectivity index (χ4v) is 3.36. The van der Waals surface area contributed by atoms with Crippen LogP contribution in [0.3, 0.4) is 0 Å². The summed E-state index contributed by atoms with van der Waals surface area (Å²) in [5.74, 6) is 3.31. The van der Waals surface area contributed by atoms with E-state index in [9.17, 15) is 0 Å². The largest absolute Gasteiger partial charge is 0.497 e. The van der Waals surface area contributed by atoms with Gasteiger partial charge in [0.1, 0.15) is 17.3 Å². The van der Waals surface area contributed by atoms with Gasteiger partial charge in [-0.2, -0.15) is 0 Å². The molecule has 1 aliphatic rings. The highest BCUT2D eigenvalue weighted by atomic mass is 127. The van der Waals surface area contributed by atoms with Gasteiger partial charge in [-0.1, -0.05) is 0 Å². The van der Waals surface area contributed by atoms with Crippen molar-refractivity contribution in [3.05, 3.63) is 47.7 Å². The molecule has 0 bridgehead atoms. The number of likely N-dealkylation sites (N-methyl/N-ethyl adjacent to an activating group) is 1. The van der Waals surface area contributed by atoms with E-state index in [4.69, 9.17) is 9.47 Å². The Hall–Kier alpha value is -2.27. The van der Waals surface area contributed by atoms with Crippen LogP contribution in [0.1, 0.15) is 11.1 Å². The van der Waals surface area contributed by atoms with Crippen LogP contribution in [0.2, 0.25) is 0 Å². The summed E-state index contributed by atoms with van der Waals surface area (Å²) in [6, 6.07) is 9.98. The lowest BCUT2D eigenvalue weighted by atomic mass is 10.2. The third kappa shape index (κ3) is 7.13. The Kier molecular flexibility index (Phi) is 10.1. The normalized spacial score (nSPS) is 14.6. The van der Waals surface area contributed by atoms with Crippen molar-refractivity contribution >= 4 is 35.8 Å². The number of piperazine rings is 1. The maximum Gasteiger partial charge on any atom is 0.191 e. The van der Waals surface area contributed by atoms with Crippen molar-refractivity contribution in [3.63, 3.8) is 0 Å². The average molecular weight is 540 g/mol. The van der Waals surface area contributed by atoms with E-state index >= 15 is 0 Å². The van der Waals surface area contributed by atoms with Crippen LogP contribution in [-0.4, -0.2) is 70.3 Å². The molecule has 9 heteroatoms. The van der Waals surface area contributed by atoms with Crippen molar-refractivity contribution in [1.82, 2.24) is 20.5 Å². The third-order valence-corrected chi connectivity index (χ3v) is 5.26. The first-order valence-corrected chi connectivity index (χ1v) is 10.2. The quantitative estimate of drug-likeness (QED) is 0.318. The van der Waals surface area contributed by atoms with Crippen LogP contribution in [0, 0.1) is 0 Å². The average Bonchev–Trinajstić information content (AvgIpc) is 2.79. The SMILES string of the molecule is CN=C(NCc1ccnc(N2CCN(C)CC2)c1)NCc1ccc(OC)cc1OC.I. The Morgan fingerprint density at radius 3 is 2.45 bits per heavy atom. The van der Waals surface area contributed by atoms with Crippen molar-refractivity contribution in [3.8, 4) is 11.5 Å². The minimum absolute atomic E-state index is 0. The number of pyridine rings is 1. The monoisotopic (exact) mass is 540 g/mol. The van der Waals surface area contributed by atoms with E-state index in [-0.39, 0.29) is 24.0 Å². The summed E-state index contributed by atoms with van der Waals surface area (Å²) in [5, 5.41) is 6.71. The second-order valence-electron chi connectivity index (χ2n) is 7.27. The maximum absolute atomic E-state index is 5.47. The molecule has 3 rings (SSSR count). The minimum Gasteiger partial charge on any atom is -0.497 e. The molecule has 2 heterocycles. The number of hydrogen-bond acceptors (Lipinski definition) is 6. The number of halogens is 1. The van der Waals surface area contributed by atoms with Crippen molar-refractivity contribution in [1.29, 1.82) is 0 Å². The zero-order valence-electron chi connectivity index (χ0n) is 18.7. The van der Waals surface area contributed by atoms with Crippen molar-refractivity contribution in [2.45, 2.75) is 13.1 Å². The fraction of sp³-hybridized carbons (Fsp3) is 0.455. The summed E-state index contributed by atoms with van der Waals surface area (Å²) in [5.41, 5.74) is 2.20. The summed E-state index contributed by atoms with van der Waals surface area (Å²) in [4.78, 5) is 13.6. The molecule has 1 saturated heterocycles. The highest BCUT2D eigenvalue weighted by Crippen LogP contribution is 2.24. The van der Waals surface area contributed by atoms with Crippen LogP contribution in [0.15, 0.2) is 41.5 Å². The number of aromatic nitrogens is 1. The van der Waals surface area contributed by atoms with Crippen LogP contribution < -0.4 is 25.0 Å². The lowest BCUT2D eigenvalue weighted by Crippen LogP contribution is -2.44. The van der Waals surface area contributed by atoms with E-state index in [2.05, 4.69) is 43.5 Å². The van der Waals surface area contributed by atoms with Crippen LogP contribution in [-0.2, 0) is 13.1 Å². The smallest absolute Gasteiger partial charge is 0.191 e. The molecule has 0 saturated carbocycles. The van der Waals surface area contributed by atoms with Gasteiger partial charge in [0.15, 0.2) is 5.96 Å². The molecule has 1 fully saturated rings. The van der Waals surface area contributed by atoms with E-state index in [0.717, 1.165) is 55.0 Å². The molecule has 0 radical (unpaired) electrons. The molecule has 0 amide bonds. The van der Waals surface area contributed by atoms with Crippen LogP contribution in [0.5, 0.6) is 11.5 Å². The van der Waals surface area contributed by atoms with E-state index in [1.807, 2.05) is 30.5 Å². The summed E-state index contributed by atoms with van der Waals surface area (Å²) >= 11 is 0. The lowest BCUT2D eigenvalue weighted by Gasteiger charge is -2.33. The number of nitrogens with zero attached hydrogens (tertiary/aromatic N) is 4. The first-order chi connectivity index (χ1) is 14.6. The molecular weight excluding hydrogens is 507 g/mol. The summed E-state index contributed by atoms with van der Waals surface area (Å²) < 4.78 is 10.7. The van der Waals surface area contributed by atoms with Crippen molar-refractivity contribution in [2.24, 2.45) is 4.99 Å². The molecule has 0 spiro atoms. The van der Waals surface area contributed by atoms with Gasteiger partial charge in [0.05, 0.1) is 14.2 Å². The number of anilines is 1. The van der Waals surface area contributed by atoms with Gasteiger partial charge < -0.3 is 29.9 Å². The minimum atomic E-state index is 0. The maximum atomic E-state index is 5.47. The molecule has 0 atom stereocenters. The number of methoxy groups -OCH3 is 2. The number of benzene rings is 1. The predicted octanol–water partition coefficient (Wildman–Crippen LogP) is 2.33. The second kappa shape index (κ2) is 12.6. The van der Waals surface area contributed by atoms with E-state index in [0.29, 0.717) is 13.1 Å². The standard InChI is InChI=1S/C22H32N6O2.HI/c1-23-22(26-16-18-5-6-19(29-3)14-20(18)30-4)25-15-17-7-8-24-21(13-17)28-11-9-27(2)10-12-28;/h5-8,13-14H,9-12,15-16H2,1-4H3,(H2,23,25,26);1H. The second-order valence-corrected chi connectivity index (χ2v) is 7.27. The molecule has 0 unspecified atom stereocenters. The van der Waals surface area contributed by atoms with Gasteiger partial charge in [0.2, 0.25) is 0 Å². The Labute approximate surface area is 202 Å². The number of hydrogen-bond donors (Lipinski definition) is 2. The summed E-state index contributed by atoms with van der Waals surface area (Å²) in [7, 11) is 7.23. The van der Waals surface area contributed by atoms with Crippen molar-refractivity contribution in [2.75, 3.05) is 59.4 Å². The molecule has 2 aromatic rings. The number of guanidine groups is 1. The van der Waals surface area contributed by atoms with Gasteiger partial charge >= 0.3 is 0 Å². The first kappa shape index (κ1) is 25.0. The molecule has 8 nitrogen and oxygen atoms in total. The lowest BCUT2D eigenvalue weighted by molar-refractivity contribution is 0.312. The Balaban J connectivity index is 0.00000341. The Morgan fingerprint density at radius 2 is 1.77 bits per heavy atom. The highest BCUT2D eigenvalue weighted by molar-refractivity contribution is 14.0. The zero-order chi connectivity index (χ0) is 21.3. The molecule has 31 heavy (non-hydrogen) atoms. The summed E-state index contributed by atoms with van der Waals surface area (Å²) in [6.45, 7) is 5.41. The van der Waals surface area contributed by atoms with Crippen LogP contribution >= 0.6 is 24.0 Å². The topological polar surface area (TPSA) is 74.3 Å². The number of nitrogens with one attached hydrogen (secondary N) is 2. The van der Waals surface area contributed by atoms with Gasteiger partial charge in [-0.05, 0) is 36.9 Å².